The monoisotopic (exact) mass is 169 g/mol. The Kier molecular flexibility index (Phi) is 3.91. The van der Waals surface area contributed by atoms with Gasteiger partial charge in [-0.3, -0.25) is 4.57 Å². The maximum absolute atomic E-state index is 10.3. The van der Waals surface area contributed by atoms with Crippen molar-refractivity contribution in [2.45, 2.75) is 6.92 Å². The Bertz CT molecular complexity index is 148. The van der Waals surface area contributed by atoms with Gasteiger partial charge in [0.1, 0.15) is 0 Å². The quantitative estimate of drug-likeness (QED) is 0.395. The highest BCUT2D eigenvalue weighted by Crippen LogP contribution is 2.03. The second kappa shape index (κ2) is 3.91. The van der Waals surface area contributed by atoms with Crippen molar-refractivity contribution in [2.75, 3.05) is 13.2 Å². The molecule has 0 bridgehead atoms. The molecule has 1 rings (SSSR count). The van der Waals surface area contributed by atoms with Crippen LogP contribution in [0.25, 0.3) is 0 Å². The molecular weight excluding hydrogens is 160 g/mol. The minimum Gasteiger partial charge on any atom is -1.00 e. The van der Waals surface area contributed by atoms with Crippen molar-refractivity contribution in [2.24, 2.45) is 0 Å². The first kappa shape index (κ1) is 8.99. The molecule has 1 unspecified atom stereocenters. The van der Waals surface area contributed by atoms with E-state index >= 15 is 0 Å². The summed E-state index contributed by atoms with van der Waals surface area (Å²) in [6.45, 7) is 3.32. The lowest BCUT2D eigenvalue weighted by Gasteiger charge is -1.82. The average Bonchev–Trinajstić information content (AvgIpc) is 2.14. The van der Waals surface area contributed by atoms with Crippen molar-refractivity contribution >= 4 is 14.5 Å². The van der Waals surface area contributed by atoms with E-state index in [0.717, 1.165) is 12.4 Å². The highest BCUT2D eigenvalue weighted by atomic mass is 35.5. The first-order valence-electron chi connectivity index (χ1n) is 2.53. The fourth-order valence-corrected chi connectivity index (χ4v) is 1.09. The van der Waals surface area contributed by atoms with Crippen molar-refractivity contribution in [1.82, 2.24) is 0 Å². The largest absolute Gasteiger partial charge is 1.00 e. The van der Waals surface area contributed by atoms with Gasteiger partial charge in [-0.2, -0.15) is 4.35 Å². The Morgan fingerprint density at radius 2 is 2.44 bits per heavy atom. The van der Waals surface area contributed by atoms with Crippen LogP contribution in [0.1, 0.15) is 6.92 Å². The van der Waals surface area contributed by atoms with Crippen LogP contribution in [-0.2, 0) is 9.30 Å². The zero-order chi connectivity index (χ0) is 5.98. The predicted molar refractivity (Wildman–Crippen MR) is 32.2 cm³/mol. The average molecular weight is 170 g/mol. The van der Waals surface area contributed by atoms with Crippen molar-refractivity contribution in [3.63, 3.8) is 0 Å². The molecule has 1 atom stereocenters. The minimum atomic E-state index is -0.811. The maximum atomic E-state index is 10.3. The second-order valence-corrected chi connectivity index (χ2v) is 2.50. The molecule has 0 aliphatic carbocycles. The first-order valence-corrected chi connectivity index (χ1v) is 3.51. The number of hydrogen-bond acceptors (Lipinski definition) is 2. The number of ether oxygens (including phenoxy) is 1. The van der Waals surface area contributed by atoms with E-state index in [-0.39, 0.29) is 12.4 Å². The number of halogens is 1. The lowest BCUT2D eigenvalue weighted by Crippen LogP contribution is -3.00. The van der Waals surface area contributed by atoms with Crippen LogP contribution in [0.4, 0.5) is 0 Å². The van der Waals surface area contributed by atoms with Gasteiger partial charge < -0.3 is 17.1 Å². The number of rotatable bonds is 1. The molecular formula is C4H9ClNO2P. The zero-order valence-corrected chi connectivity index (χ0v) is 7.04. The molecule has 0 aromatic rings. The standard InChI is InChI=1S/C4H9NO2P.ClH/c1-4-5(8-6)2-3-7-4;/h2-3,8H2,1H3;1H/q+1;/p-1. The molecule has 0 radical (unpaired) electrons. The molecule has 54 valence electrons. The molecule has 3 nitrogen and oxygen atoms in total. The Labute approximate surface area is 61.4 Å². The topological polar surface area (TPSA) is 29.3 Å². The maximum Gasteiger partial charge on any atom is 0.336 e. The summed E-state index contributed by atoms with van der Waals surface area (Å²) in [5.74, 6) is 0.801. The van der Waals surface area contributed by atoms with E-state index in [0.29, 0.717) is 6.61 Å². The number of nitrogens with zero attached hydrogens (tertiary/aromatic N) is 1. The van der Waals surface area contributed by atoms with Crippen molar-refractivity contribution in [3.05, 3.63) is 0 Å². The fraction of sp³-hybridized carbons (Fsp3) is 0.750. The van der Waals surface area contributed by atoms with E-state index in [9.17, 15) is 4.57 Å². The third-order valence-electron chi connectivity index (χ3n) is 1.17. The predicted octanol–water partition coefficient (Wildman–Crippen LogP) is -2.88. The second-order valence-electron chi connectivity index (χ2n) is 1.67. The SMILES string of the molecule is CC1=[N+]([PH2]=O)CCO1.[Cl-]. The smallest absolute Gasteiger partial charge is 0.336 e. The van der Waals surface area contributed by atoms with Crippen molar-refractivity contribution in [1.29, 1.82) is 0 Å². The number of hydrogen-bond donors (Lipinski definition) is 0. The summed E-state index contributed by atoms with van der Waals surface area (Å²) in [6, 6.07) is 0. The Balaban J connectivity index is 0.000000640. The summed E-state index contributed by atoms with van der Waals surface area (Å²) in [6.07, 6.45) is 0. The van der Waals surface area contributed by atoms with E-state index < -0.39 is 8.61 Å². The molecule has 0 aromatic carbocycles. The van der Waals surface area contributed by atoms with Gasteiger partial charge in [-0.1, -0.05) is 0 Å². The Morgan fingerprint density at radius 1 is 1.78 bits per heavy atom. The van der Waals surface area contributed by atoms with E-state index in [1.165, 1.54) is 0 Å². The molecule has 0 fully saturated rings. The van der Waals surface area contributed by atoms with Gasteiger partial charge in [0.05, 0.1) is 6.92 Å². The van der Waals surface area contributed by atoms with Gasteiger partial charge in [0.15, 0.2) is 13.2 Å². The summed E-state index contributed by atoms with van der Waals surface area (Å²) < 4.78 is 17.0. The fourth-order valence-electron chi connectivity index (χ4n) is 0.659. The highest BCUT2D eigenvalue weighted by molar-refractivity contribution is 7.15. The molecule has 1 heterocycles. The van der Waals surface area contributed by atoms with E-state index in [1.54, 1.807) is 4.35 Å². The Morgan fingerprint density at radius 3 is 2.67 bits per heavy atom. The normalized spacial score (nSPS) is 18.3. The third kappa shape index (κ3) is 1.99. The van der Waals surface area contributed by atoms with Crippen LogP contribution in [0.5, 0.6) is 0 Å². The van der Waals surface area contributed by atoms with Gasteiger partial charge in [0, 0.05) is 0 Å². The zero-order valence-electron chi connectivity index (χ0n) is 5.13. The van der Waals surface area contributed by atoms with E-state index in [4.69, 9.17) is 4.74 Å². The molecule has 1 aliphatic heterocycles. The summed E-state index contributed by atoms with van der Waals surface area (Å²) in [5, 5.41) is 0. The lowest BCUT2D eigenvalue weighted by molar-refractivity contribution is -0.347. The summed E-state index contributed by atoms with van der Waals surface area (Å²) in [4.78, 5) is 0. The van der Waals surface area contributed by atoms with Gasteiger partial charge in [-0.05, 0) is 0 Å². The molecule has 5 heteroatoms. The van der Waals surface area contributed by atoms with Crippen molar-refractivity contribution in [3.8, 4) is 0 Å². The van der Waals surface area contributed by atoms with Crippen LogP contribution in [0.2, 0.25) is 0 Å². The molecule has 0 amide bonds. The van der Waals surface area contributed by atoms with Crippen LogP contribution >= 0.6 is 8.61 Å². The molecule has 0 aromatic heterocycles. The summed E-state index contributed by atoms with van der Waals surface area (Å²) >= 11 is 0. The highest BCUT2D eigenvalue weighted by Gasteiger charge is 2.15. The first-order chi connectivity index (χ1) is 3.84. The van der Waals surface area contributed by atoms with Gasteiger partial charge >= 0.3 is 5.90 Å². The van der Waals surface area contributed by atoms with Gasteiger partial charge in [-0.15, -0.1) is 0 Å². The van der Waals surface area contributed by atoms with Crippen LogP contribution in [-0.4, -0.2) is 23.4 Å². The molecule has 0 spiro atoms. The van der Waals surface area contributed by atoms with Crippen LogP contribution in [0, 0.1) is 0 Å². The molecule has 1 aliphatic rings. The van der Waals surface area contributed by atoms with E-state index in [2.05, 4.69) is 0 Å². The molecule has 9 heavy (non-hydrogen) atoms. The molecule has 0 saturated heterocycles. The summed E-state index contributed by atoms with van der Waals surface area (Å²) in [5.41, 5.74) is 0. The minimum absolute atomic E-state index is 0. The van der Waals surface area contributed by atoms with Crippen LogP contribution < -0.4 is 12.4 Å². The van der Waals surface area contributed by atoms with Crippen molar-refractivity contribution < 1.29 is 26.1 Å². The summed E-state index contributed by atoms with van der Waals surface area (Å²) in [7, 11) is -0.811. The molecule has 0 N–H and O–H groups in total. The van der Waals surface area contributed by atoms with Gasteiger partial charge in [-0.25, -0.2) is 0 Å². The van der Waals surface area contributed by atoms with Gasteiger partial charge in [0.2, 0.25) is 0 Å². The lowest BCUT2D eigenvalue weighted by atomic mass is 10.7. The van der Waals surface area contributed by atoms with Gasteiger partial charge in [0.25, 0.3) is 8.61 Å². The van der Waals surface area contributed by atoms with E-state index in [1.807, 2.05) is 6.92 Å². The molecule has 0 saturated carbocycles. The van der Waals surface area contributed by atoms with Crippen LogP contribution in [0.15, 0.2) is 0 Å². The third-order valence-corrected chi connectivity index (χ3v) is 2.05. The van der Waals surface area contributed by atoms with Crippen LogP contribution in [0.3, 0.4) is 0 Å². The Hall–Kier alpha value is -0.0100.